The highest BCUT2D eigenvalue weighted by atomic mass is 32.2. The summed E-state index contributed by atoms with van der Waals surface area (Å²) in [6, 6.07) is 14.5. The molecule has 0 bridgehead atoms. The first-order valence-corrected chi connectivity index (χ1v) is 10.8. The number of rotatable bonds is 8. The van der Waals surface area contributed by atoms with Crippen LogP contribution < -0.4 is 5.32 Å². The van der Waals surface area contributed by atoms with E-state index in [4.69, 9.17) is 0 Å². The highest BCUT2D eigenvalue weighted by Gasteiger charge is 2.14. The third-order valence-corrected chi connectivity index (χ3v) is 5.95. The van der Waals surface area contributed by atoms with Gasteiger partial charge in [0.05, 0.1) is 17.2 Å². The van der Waals surface area contributed by atoms with Gasteiger partial charge in [0, 0.05) is 11.4 Å². The van der Waals surface area contributed by atoms with Crippen molar-refractivity contribution in [2.24, 2.45) is 0 Å². The van der Waals surface area contributed by atoms with Gasteiger partial charge < -0.3 is 9.88 Å². The number of aryl methyl sites for hydroxylation is 1. The van der Waals surface area contributed by atoms with Crippen LogP contribution in [0.5, 0.6) is 0 Å². The zero-order chi connectivity index (χ0) is 19.9. The SMILES string of the molecule is CCn1c(CSc2ccc(C)cc2)nnc1SCC(=O)Nc1ccccc1F. The topological polar surface area (TPSA) is 59.8 Å². The van der Waals surface area contributed by atoms with Crippen LogP contribution in [0.3, 0.4) is 0 Å². The summed E-state index contributed by atoms with van der Waals surface area (Å²) in [4.78, 5) is 13.3. The average Bonchev–Trinajstić information content (AvgIpc) is 3.09. The summed E-state index contributed by atoms with van der Waals surface area (Å²) in [5, 5.41) is 11.8. The van der Waals surface area contributed by atoms with Crippen molar-refractivity contribution in [1.29, 1.82) is 0 Å². The predicted octanol–water partition coefficient (Wildman–Crippen LogP) is 4.77. The van der Waals surface area contributed by atoms with Crippen molar-refractivity contribution in [2.45, 2.75) is 36.2 Å². The smallest absolute Gasteiger partial charge is 0.234 e. The van der Waals surface area contributed by atoms with E-state index in [0.29, 0.717) is 17.5 Å². The van der Waals surface area contributed by atoms with Crippen molar-refractivity contribution in [3.63, 3.8) is 0 Å². The van der Waals surface area contributed by atoms with Crippen molar-refractivity contribution in [3.8, 4) is 0 Å². The Morgan fingerprint density at radius 1 is 1.11 bits per heavy atom. The Balaban J connectivity index is 1.58. The molecule has 146 valence electrons. The van der Waals surface area contributed by atoms with Gasteiger partial charge in [-0.05, 0) is 38.1 Å². The number of hydrogen-bond acceptors (Lipinski definition) is 5. The third-order valence-electron chi connectivity index (χ3n) is 3.98. The van der Waals surface area contributed by atoms with Crippen LogP contribution in [0.25, 0.3) is 0 Å². The minimum atomic E-state index is -0.451. The molecule has 0 aliphatic carbocycles. The lowest BCUT2D eigenvalue weighted by molar-refractivity contribution is -0.113. The number of hydrogen-bond donors (Lipinski definition) is 1. The van der Waals surface area contributed by atoms with Crippen LogP contribution in [0.15, 0.2) is 58.6 Å². The van der Waals surface area contributed by atoms with Crippen molar-refractivity contribution in [2.75, 3.05) is 11.1 Å². The molecule has 28 heavy (non-hydrogen) atoms. The van der Waals surface area contributed by atoms with Gasteiger partial charge in [-0.15, -0.1) is 22.0 Å². The molecule has 2 aromatic carbocycles. The van der Waals surface area contributed by atoms with E-state index in [1.165, 1.54) is 34.4 Å². The van der Waals surface area contributed by atoms with Crippen LogP contribution in [-0.4, -0.2) is 26.4 Å². The van der Waals surface area contributed by atoms with Gasteiger partial charge in [-0.2, -0.15) is 0 Å². The molecule has 0 aliphatic heterocycles. The van der Waals surface area contributed by atoms with Crippen molar-refractivity contribution in [3.05, 3.63) is 65.7 Å². The van der Waals surface area contributed by atoms with Crippen LogP contribution >= 0.6 is 23.5 Å². The molecule has 0 spiro atoms. The summed E-state index contributed by atoms with van der Waals surface area (Å²) in [5.74, 6) is 0.970. The minimum Gasteiger partial charge on any atom is -0.323 e. The van der Waals surface area contributed by atoms with Gasteiger partial charge in [0.1, 0.15) is 11.6 Å². The number of carbonyl (C=O) groups is 1. The van der Waals surface area contributed by atoms with E-state index in [1.54, 1.807) is 23.9 Å². The number of halogens is 1. The first-order valence-electron chi connectivity index (χ1n) is 8.85. The molecule has 1 aromatic heterocycles. The fraction of sp³-hybridized carbons (Fsp3) is 0.250. The molecule has 1 N–H and O–H groups in total. The lowest BCUT2D eigenvalue weighted by Gasteiger charge is -2.08. The van der Waals surface area contributed by atoms with Crippen LogP contribution in [0, 0.1) is 12.7 Å². The number of aromatic nitrogens is 3. The van der Waals surface area contributed by atoms with Crippen LogP contribution in [0.2, 0.25) is 0 Å². The standard InChI is InChI=1S/C20H21FN4OS2/c1-3-25-18(12-27-15-10-8-14(2)9-11-15)23-24-20(25)28-13-19(26)22-17-7-5-4-6-16(17)21/h4-11H,3,12-13H2,1-2H3,(H,22,26). The Bertz CT molecular complexity index is 944. The maximum atomic E-state index is 13.6. The minimum absolute atomic E-state index is 0.136. The third kappa shape index (κ3) is 5.36. The summed E-state index contributed by atoms with van der Waals surface area (Å²) in [5.41, 5.74) is 1.41. The Hall–Kier alpha value is -2.32. The maximum absolute atomic E-state index is 13.6. The number of nitrogens with one attached hydrogen (secondary N) is 1. The second-order valence-corrected chi connectivity index (χ2v) is 8.05. The molecule has 0 fully saturated rings. The van der Waals surface area contributed by atoms with Gasteiger partial charge in [0.15, 0.2) is 5.16 Å². The summed E-state index contributed by atoms with van der Waals surface area (Å²) in [7, 11) is 0. The number of carbonyl (C=O) groups excluding carboxylic acids is 1. The summed E-state index contributed by atoms with van der Waals surface area (Å²) in [6.45, 7) is 4.80. The summed E-state index contributed by atoms with van der Waals surface area (Å²) < 4.78 is 15.6. The van der Waals surface area contributed by atoms with Crippen LogP contribution in [-0.2, 0) is 17.1 Å². The Labute approximate surface area is 172 Å². The Morgan fingerprint density at radius 2 is 1.86 bits per heavy atom. The molecule has 1 amide bonds. The highest BCUT2D eigenvalue weighted by molar-refractivity contribution is 7.99. The molecule has 5 nitrogen and oxygen atoms in total. The highest BCUT2D eigenvalue weighted by Crippen LogP contribution is 2.25. The van der Waals surface area contributed by atoms with E-state index in [9.17, 15) is 9.18 Å². The summed E-state index contributed by atoms with van der Waals surface area (Å²) in [6.07, 6.45) is 0. The molecule has 0 unspecified atom stereocenters. The lowest BCUT2D eigenvalue weighted by Crippen LogP contribution is -2.15. The van der Waals surface area contributed by atoms with Crippen molar-refractivity contribution < 1.29 is 9.18 Å². The first kappa shape index (κ1) is 20.4. The maximum Gasteiger partial charge on any atom is 0.234 e. The number of anilines is 1. The normalized spacial score (nSPS) is 10.8. The molecule has 8 heteroatoms. The molecule has 0 radical (unpaired) electrons. The fourth-order valence-electron chi connectivity index (χ4n) is 2.51. The van der Waals surface area contributed by atoms with Gasteiger partial charge in [0.2, 0.25) is 5.91 Å². The first-order chi connectivity index (χ1) is 13.6. The number of amides is 1. The van der Waals surface area contributed by atoms with Crippen molar-refractivity contribution in [1.82, 2.24) is 14.8 Å². The number of para-hydroxylation sites is 1. The second kappa shape index (κ2) is 9.75. The summed E-state index contributed by atoms with van der Waals surface area (Å²) >= 11 is 2.99. The van der Waals surface area contributed by atoms with Crippen molar-refractivity contribution >= 4 is 35.1 Å². The molecular weight excluding hydrogens is 395 g/mol. The second-order valence-electron chi connectivity index (χ2n) is 6.06. The predicted molar refractivity (Wildman–Crippen MR) is 112 cm³/mol. The lowest BCUT2D eigenvalue weighted by atomic mass is 10.2. The molecule has 0 saturated carbocycles. The molecule has 3 aromatic rings. The quantitative estimate of drug-likeness (QED) is 0.536. The zero-order valence-electron chi connectivity index (χ0n) is 15.7. The number of nitrogens with zero attached hydrogens (tertiary/aromatic N) is 3. The monoisotopic (exact) mass is 416 g/mol. The van der Waals surface area contributed by atoms with Gasteiger partial charge in [0.25, 0.3) is 0 Å². The van der Waals surface area contributed by atoms with Gasteiger partial charge in [-0.25, -0.2) is 4.39 Å². The van der Waals surface area contributed by atoms with E-state index < -0.39 is 5.82 Å². The van der Waals surface area contributed by atoms with E-state index in [0.717, 1.165) is 5.82 Å². The van der Waals surface area contributed by atoms with E-state index in [-0.39, 0.29) is 17.3 Å². The van der Waals surface area contributed by atoms with E-state index in [2.05, 4.69) is 46.7 Å². The van der Waals surface area contributed by atoms with Crippen LogP contribution in [0.1, 0.15) is 18.3 Å². The average molecular weight is 417 g/mol. The van der Waals surface area contributed by atoms with Gasteiger partial charge in [-0.3, -0.25) is 4.79 Å². The zero-order valence-corrected chi connectivity index (χ0v) is 17.3. The van der Waals surface area contributed by atoms with Gasteiger partial charge in [-0.1, -0.05) is 41.6 Å². The number of thioether (sulfide) groups is 2. The van der Waals surface area contributed by atoms with E-state index in [1.807, 2.05) is 11.5 Å². The van der Waals surface area contributed by atoms with Gasteiger partial charge >= 0.3 is 0 Å². The number of benzene rings is 2. The molecule has 0 atom stereocenters. The fourth-order valence-corrected chi connectivity index (χ4v) is 4.17. The molecule has 0 saturated heterocycles. The van der Waals surface area contributed by atoms with Crippen LogP contribution in [0.4, 0.5) is 10.1 Å². The molecule has 0 aliphatic rings. The largest absolute Gasteiger partial charge is 0.323 e. The van der Waals surface area contributed by atoms with E-state index >= 15 is 0 Å². The molecular formula is C20H21FN4OS2. The Morgan fingerprint density at radius 3 is 2.57 bits per heavy atom. The Kier molecular flexibility index (Phi) is 7.11. The molecule has 1 heterocycles. The molecule has 3 rings (SSSR count).